The highest BCUT2D eigenvalue weighted by Crippen LogP contribution is 2.15. The fraction of sp³-hybridized carbons (Fsp3) is 0.889. The average Bonchev–Trinajstić information content (AvgIpc) is 2.13. The first kappa shape index (κ1) is 13.5. The van der Waals surface area contributed by atoms with Gasteiger partial charge in [0, 0.05) is 13.2 Å². The van der Waals surface area contributed by atoms with Crippen molar-refractivity contribution in [1.82, 2.24) is 0 Å². The molecule has 14 heavy (non-hydrogen) atoms. The van der Waals surface area contributed by atoms with Crippen LogP contribution in [0.25, 0.3) is 0 Å². The van der Waals surface area contributed by atoms with E-state index in [4.69, 9.17) is 8.85 Å². The van der Waals surface area contributed by atoms with Gasteiger partial charge in [0.2, 0.25) is 6.08 Å². The predicted octanol–water partition coefficient (Wildman–Crippen LogP) is 1.86. The van der Waals surface area contributed by atoms with Gasteiger partial charge in [-0.15, -0.1) is 0 Å². The van der Waals surface area contributed by atoms with Gasteiger partial charge in [0.15, 0.2) is 0 Å². The fourth-order valence-electron chi connectivity index (χ4n) is 1.32. The van der Waals surface area contributed by atoms with E-state index in [1.807, 2.05) is 20.4 Å². The molecule has 4 nitrogen and oxygen atoms in total. The summed E-state index contributed by atoms with van der Waals surface area (Å²) in [5, 5.41) is 0. The summed E-state index contributed by atoms with van der Waals surface area (Å²) in [4.78, 5) is 13.3. The third-order valence-electron chi connectivity index (χ3n) is 1.86. The minimum Gasteiger partial charge on any atom is -0.395 e. The largest absolute Gasteiger partial charge is 0.395 e. The highest BCUT2D eigenvalue weighted by molar-refractivity contribution is 6.66. The third kappa shape index (κ3) is 6.04. The van der Waals surface area contributed by atoms with Gasteiger partial charge >= 0.3 is 8.56 Å². The first-order chi connectivity index (χ1) is 6.68. The normalized spacial score (nSPS) is 11.1. The third-order valence-corrected chi connectivity index (χ3v) is 4.93. The van der Waals surface area contributed by atoms with Gasteiger partial charge < -0.3 is 8.85 Å². The molecule has 0 N–H and O–H groups in total. The summed E-state index contributed by atoms with van der Waals surface area (Å²) in [5.74, 6) is 0. The second-order valence-corrected chi connectivity index (χ2v) is 6.42. The van der Waals surface area contributed by atoms with Crippen LogP contribution < -0.4 is 0 Å². The molecule has 0 aromatic rings. The zero-order valence-corrected chi connectivity index (χ0v) is 10.2. The second kappa shape index (κ2) is 7.88. The van der Waals surface area contributed by atoms with Gasteiger partial charge in [-0.2, -0.15) is 0 Å². The van der Waals surface area contributed by atoms with E-state index in [-0.39, 0.29) is 0 Å². The lowest BCUT2D eigenvalue weighted by molar-refractivity contribution is 0.188. The number of hydrogen-bond donors (Lipinski definition) is 0. The van der Waals surface area contributed by atoms with Crippen molar-refractivity contribution in [2.45, 2.75) is 32.9 Å². The molecular weight excluding hydrogens is 198 g/mol. The van der Waals surface area contributed by atoms with Crippen LogP contribution in [0.2, 0.25) is 12.6 Å². The van der Waals surface area contributed by atoms with Gasteiger partial charge in [0.05, 0.1) is 6.54 Å². The molecule has 0 heterocycles. The smallest absolute Gasteiger partial charge is 0.334 e. The number of isocyanates is 1. The van der Waals surface area contributed by atoms with Crippen molar-refractivity contribution in [1.29, 1.82) is 0 Å². The van der Waals surface area contributed by atoms with E-state index in [1.54, 1.807) is 0 Å². The van der Waals surface area contributed by atoms with E-state index in [2.05, 4.69) is 4.99 Å². The molecule has 0 aliphatic heterocycles. The topological polar surface area (TPSA) is 47.9 Å². The molecule has 0 rings (SSSR count). The minimum atomic E-state index is -1.99. The molecule has 0 aliphatic carbocycles. The maximum Gasteiger partial charge on any atom is 0.334 e. The van der Waals surface area contributed by atoms with Crippen LogP contribution in [0.5, 0.6) is 0 Å². The van der Waals surface area contributed by atoms with E-state index in [9.17, 15) is 4.79 Å². The molecule has 0 saturated carbocycles. The van der Waals surface area contributed by atoms with E-state index < -0.39 is 8.56 Å². The summed E-state index contributed by atoms with van der Waals surface area (Å²) >= 11 is 0. The van der Waals surface area contributed by atoms with E-state index >= 15 is 0 Å². The highest BCUT2D eigenvalue weighted by atomic mass is 28.4. The molecule has 0 radical (unpaired) electrons. The van der Waals surface area contributed by atoms with Gasteiger partial charge in [0.1, 0.15) is 0 Å². The summed E-state index contributed by atoms with van der Waals surface area (Å²) in [6, 6.07) is 0.875. The molecule has 0 bridgehead atoms. The molecule has 0 aliphatic rings. The Bertz CT molecular complexity index is 186. The second-order valence-electron chi connectivity index (χ2n) is 3.08. The van der Waals surface area contributed by atoms with Crippen molar-refractivity contribution < 1.29 is 13.6 Å². The van der Waals surface area contributed by atoms with Crippen LogP contribution in [0, 0.1) is 0 Å². The van der Waals surface area contributed by atoms with E-state index in [0.29, 0.717) is 19.8 Å². The molecule has 0 saturated heterocycles. The predicted molar refractivity (Wildman–Crippen MR) is 57.3 cm³/mol. The van der Waals surface area contributed by atoms with Crippen molar-refractivity contribution in [3.63, 3.8) is 0 Å². The van der Waals surface area contributed by atoms with E-state index in [1.165, 1.54) is 6.08 Å². The Balaban J connectivity index is 3.88. The maximum atomic E-state index is 9.84. The molecular formula is C9H19NO3Si. The molecule has 0 aromatic heterocycles. The average molecular weight is 217 g/mol. The molecule has 5 heteroatoms. The maximum absolute atomic E-state index is 9.84. The Morgan fingerprint density at radius 1 is 1.29 bits per heavy atom. The number of nitrogens with zero attached hydrogens (tertiary/aromatic N) is 1. The Labute approximate surface area is 86.6 Å². The van der Waals surface area contributed by atoms with Gasteiger partial charge in [-0.3, -0.25) is 0 Å². The van der Waals surface area contributed by atoms with Crippen LogP contribution in [0.1, 0.15) is 20.3 Å². The molecule has 0 amide bonds. The zero-order valence-electron chi connectivity index (χ0n) is 9.21. The van der Waals surface area contributed by atoms with Gasteiger partial charge in [-0.25, -0.2) is 9.79 Å². The Kier molecular flexibility index (Phi) is 7.61. The summed E-state index contributed by atoms with van der Waals surface area (Å²) in [6.07, 6.45) is 2.36. The van der Waals surface area contributed by atoms with Gasteiger partial charge in [0.25, 0.3) is 0 Å². The van der Waals surface area contributed by atoms with E-state index in [0.717, 1.165) is 12.5 Å². The summed E-state index contributed by atoms with van der Waals surface area (Å²) < 4.78 is 11.3. The lowest BCUT2D eigenvalue weighted by Crippen LogP contribution is -2.38. The van der Waals surface area contributed by atoms with Crippen molar-refractivity contribution in [2.24, 2.45) is 4.99 Å². The summed E-state index contributed by atoms with van der Waals surface area (Å²) in [6.45, 7) is 7.86. The molecule has 0 spiro atoms. The van der Waals surface area contributed by atoms with Gasteiger partial charge in [-0.1, -0.05) is 0 Å². The number of carbonyl (C=O) groups excluding carboxylic acids is 1. The fourth-order valence-corrected chi connectivity index (χ4v) is 3.72. The van der Waals surface area contributed by atoms with Crippen molar-refractivity contribution in [3.05, 3.63) is 0 Å². The SMILES string of the molecule is CCO[Si](C)(CCCN=C=O)OCC. The van der Waals surface area contributed by atoms with Crippen LogP contribution in [-0.2, 0) is 13.6 Å². The Morgan fingerprint density at radius 2 is 1.86 bits per heavy atom. The van der Waals surface area contributed by atoms with Crippen LogP contribution >= 0.6 is 0 Å². The first-order valence-corrected chi connectivity index (χ1v) is 7.52. The van der Waals surface area contributed by atoms with Crippen LogP contribution in [0.4, 0.5) is 0 Å². The number of hydrogen-bond acceptors (Lipinski definition) is 4. The Morgan fingerprint density at radius 3 is 2.29 bits per heavy atom. The first-order valence-electron chi connectivity index (χ1n) is 5.00. The molecule has 0 unspecified atom stereocenters. The van der Waals surface area contributed by atoms with Crippen molar-refractivity contribution in [2.75, 3.05) is 19.8 Å². The van der Waals surface area contributed by atoms with Crippen LogP contribution in [-0.4, -0.2) is 34.4 Å². The minimum absolute atomic E-state index is 0.520. The van der Waals surface area contributed by atoms with Crippen molar-refractivity contribution >= 4 is 14.6 Å². The number of rotatable bonds is 8. The standard InChI is InChI=1S/C9H19NO3Si/c1-4-12-14(3,13-5-2)8-6-7-10-9-11/h4-8H2,1-3H3. The Hall–Kier alpha value is -0.483. The summed E-state index contributed by atoms with van der Waals surface area (Å²) in [7, 11) is -1.99. The van der Waals surface area contributed by atoms with Crippen molar-refractivity contribution in [3.8, 4) is 0 Å². The lowest BCUT2D eigenvalue weighted by atomic mass is 10.5. The van der Waals surface area contributed by atoms with Gasteiger partial charge in [-0.05, 0) is 32.9 Å². The van der Waals surface area contributed by atoms with Crippen LogP contribution in [0.3, 0.4) is 0 Å². The van der Waals surface area contributed by atoms with Crippen LogP contribution in [0.15, 0.2) is 4.99 Å². The lowest BCUT2D eigenvalue weighted by Gasteiger charge is -2.25. The zero-order chi connectivity index (χ0) is 10.9. The monoisotopic (exact) mass is 217 g/mol. The molecule has 0 fully saturated rings. The number of aliphatic imine (C=N–C) groups is 1. The molecule has 0 atom stereocenters. The highest BCUT2D eigenvalue weighted by Gasteiger charge is 2.29. The summed E-state index contributed by atoms with van der Waals surface area (Å²) in [5.41, 5.74) is 0. The molecule has 0 aromatic carbocycles. The molecule has 82 valence electrons. The quantitative estimate of drug-likeness (QED) is 0.270.